The Kier molecular flexibility index (Phi) is 5.98. The maximum atomic E-state index is 13.4. The first-order chi connectivity index (χ1) is 13.7. The van der Waals surface area contributed by atoms with Gasteiger partial charge in [0.25, 0.3) is 0 Å². The molecule has 0 saturated heterocycles. The predicted molar refractivity (Wildman–Crippen MR) is 102 cm³/mol. The molecular formula is C22H23F2NO4. The Morgan fingerprint density at radius 2 is 1.76 bits per heavy atom. The van der Waals surface area contributed by atoms with Gasteiger partial charge in [0.05, 0.1) is 17.7 Å². The van der Waals surface area contributed by atoms with Crippen molar-refractivity contribution in [3.05, 3.63) is 70.8 Å². The van der Waals surface area contributed by atoms with Gasteiger partial charge in [0.2, 0.25) is 5.91 Å². The fourth-order valence-corrected chi connectivity index (χ4v) is 3.24. The predicted octanol–water partition coefficient (Wildman–Crippen LogP) is 4.01. The minimum atomic E-state index is -1.00. The van der Waals surface area contributed by atoms with Gasteiger partial charge in [-0.15, -0.1) is 0 Å². The van der Waals surface area contributed by atoms with Crippen molar-refractivity contribution in [3.8, 4) is 0 Å². The Balaban J connectivity index is 1.67. The van der Waals surface area contributed by atoms with Crippen LogP contribution in [0, 0.1) is 17.6 Å². The number of carboxylic acids is 1. The minimum Gasteiger partial charge on any atom is -0.478 e. The Bertz CT molecular complexity index is 908. The number of halogens is 2. The van der Waals surface area contributed by atoms with E-state index in [0.717, 1.165) is 30.5 Å². The number of nitrogens with one attached hydrogen (secondary N) is 1. The summed E-state index contributed by atoms with van der Waals surface area (Å²) in [7, 11) is 0. The number of carbonyl (C=O) groups is 2. The van der Waals surface area contributed by atoms with Crippen molar-refractivity contribution in [1.29, 1.82) is 0 Å². The van der Waals surface area contributed by atoms with E-state index in [4.69, 9.17) is 9.84 Å². The molecule has 0 aromatic heterocycles. The van der Waals surface area contributed by atoms with Crippen LogP contribution in [0.1, 0.15) is 48.2 Å². The second-order valence-corrected chi connectivity index (χ2v) is 7.68. The van der Waals surface area contributed by atoms with Crippen LogP contribution in [0.15, 0.2) is 42.5 Å². The largest absolute Gasteiger partial charge is 0.478 e. The number of hydrogen-bond donors (Lipinski definition) is 2. The molecule has 0 unspecified atom stereocenters. The van der Waals surface area contributed by atoms with Crippen molar-refractivity contribution in [2.24, 2.45) is 5.92 Å². The van der Waals surface area contributed by atoms with Crippen LogP contribution in [0.4, 0.5) is 8.78 Å². The van der Waals surface area contributed by atoms with Crippen LogP contribution in [-0.4, -0.2) is 23.1 Å². The number of benzene rings is 2. The van der Waals surface area contributed by atoms with Crippen molar-refractivity contribution < 1.29 is 28.2 Å². The molecule has 0 heterocycles. The molecule has 29 heavy (non-hydrogen) atoms. The number of amides is 1. The summed E-state index contributed by atoms with van der Waals surface area (Å²) >= 11 is 0. The molecule has 0 radical (unpaired) electrons. The first kappa shape index (κ1) is 20.9. The van der Waals surface area contributed by atoms with E-state index >= 15 is 0 Å². The highest BCUT2D eigenvalue weighted by Crippen LogP contribution is 2.45. The third-order valence-corrected chi connectivity index (χ3v) is 5.07. The Labute approximate surface area is 167 Å². The third kappa shape index (κ3) is 4.79. The lowest BCUT2D eigenvalue weighted by Crippen LogP contribution is -2.44. The molecule has 1 aliphatic rings. The van der Waals surface area contributed by atoms with Crippen LogP contribution in [0.3, 0.4) is 0 Å². The molecule has 1 amide bonds. The standard InChI is InChI=1S/C22H23F2NO4/c1-13(2)19(29-12-14-3-8-17(23)18(24)11-14)20(26)25-22(9-10-22)16-6-4-15(5-7-16)21(27)28/h3-8,11,13,19H,9-10,12H2,1-2H3,(H,25,26)(H,27,28)/t19-/m1/s1. The quantitative estimate of drug-likeness (QED) is 0.698. The van der Waals surface area contributed by atoms with Gasteiger partial charge in [-0.05, 0) is 54.2 Å². The minimum absolute atomic E-state index is 0.0201. The molecule has 0 bridgehead atoms. The highest BCUT2D eigenvalue weighted by molar-refractivity contribution is 5.87. The average Bonchev–Trinajstić information content (AvgIpc) is 3.45. The van der Waals surface area contributed by atoms with Crippen molar-refractivity contribution in [3.63, 3.8) is 0 Å². The summed E-state index contributed by atoms with van der Waals surface area (Å²) in [4.78, 5) is 23.9. The fraction of sp³-hybridized carbons (Fsp3) is 0.364. The zero-order valence-corrected chi connectivity index (χ0v) is 16.2. The molecule has 1 aliphatic carbocycles. The summed E-state index contributed by atoms with van der Waals surface area (Å²) in [5, 5.41) is 12.1. The molecule has 3 rings (SSSR count). The number of ether oxygens (including phenoxy) is 1. The van der Waals surface area contributed by atoms with E-state index in [1.54, 1.807) is 12.1 Å². The van der Waals surface area contributed by atoms with Gasteiger partial charge in [0.15, 0.2) is 11.6 Å². The first-order valence-electron chi connectivity index (χ1n) is 9.43. The highest BCUT2D eigenvalue weighted by Gasteiger charge is 2.46. The lowest BCUT2D eigenvalue weighted by molar-refractivity contribution is -0.137. The Morgan fingerprint density at radius 3 is 2.28 bits per heavy atom. The third-order valence-electron chi connectivity index (χ3n) is 5.07. The van der Waals surface area contributed by atoms with Crippen molar-refractivity contribution >= 4 is 11.9 Å². The fourth-order valence-electron chi connectivity index (χ4n) is 3.24. The molecule has 2 aromatic carbocycles. The summed E-state index contributed by atoms with van der Waals surface area (Å²) in [5.74, 6) is -3.32. The number of rotatable bonds is 8. The van der Waals surface area contributed by atoms with Crippen LogP contribution in [0.2, 0.25) is 0 Å². The highest BCUT2D eigenvalue weighted by atomic mass is 19.2. The maximum Gasteiger partial charge on any atom is 0.335 e. The van der Waals surface area contributed by atoms with E-state index < -0.39 is 29.2 Å². The van der Waals surface area contributed by atoms with E-state index in [2.05, 4.69) is 5.32 Å². The van der Waals surface area contributed by atoms with Crippen LogP contribution in [0.5, 0.6) is 0 Å². The van der Waals surface area contributed by atoms with Gasteiger partial charge in [0, 0.05) is 0 Å². The van der Waals surface area contributed by atoms with E-state index in [1.807, 2.05) is 13.8 Å². The van der Waals surface area contributed by atoms with Crippen molar-refractivity contribution in [2.75, 3.05) is 0 Å². The summed E-state index contributed by atoms with van der Waals surface area (Å²) in [5.41, 5.74) is 0.949. The van der Waals surface area contributed by atoms with Crippen molar-refractivity contribution in [1.82, 2.24) is 5.32 Å². The van der Waals surface area contributed by atoms with E-state index in [0.29, 0.717) is 5.56 Å². The van der Waals surface area contributed by atoms with Crippen LogP contribution in [0.25, 0.3) is 0 Å². The number of carbonyl (C=O) groups excluding carboxylic acids is 1. The summed E-state index contributed by atoms with van der Waals surface area (Å²) in [6.07, 6.45) is 0.733. The topological polar surface area (TPSA) is 75.6 Å². The molecule has 154 valence electrons. The summed E-state index contributed by atoms with van der Waals surface area (Å²) in [6.45, 7) is 3.67. The monoisotopic (exact) mass is 403 g/mol. The van der Waals surface area contributed by atoms with Crippen LogP contribution >= 0.6 is 0 Å². The molecular weight excluding hydrogens is 380 g/mol. The normalized spacial score (nSPS) is 15.8. The van der Waals surface area contributed by atoms with Gasteiger partial charge in [-0.3, -0.25) is 4.79 Å². The van der Waals surface area contributed by atoms with E-state index in [1.165, 1.54) is 18.2 Å². The molecule has 5 nitrogen and oxygen atoms in total. The van der Waals surface area contributed by atoms with Crippen LogP contribution in [-0.2, 0) is 21.7 Å². The van der Waals surface area contributed by atoms with Gasteiger partial charge >= 0.3 is 5.97 Å². The molecule has 2 N–H and O–H groups in total. The molecule has 1 atom stereocenters. The second kappa shape index (κ2) is 8.29. The lowest BCUT2D eigenvalue weighted by Gasteiger charge is -2.25. The molecule has 1 fully saturated rings. The van der Waals surface area contributed by atoms with Crippen molar-refractivity contribution in [2.45, 2.75) is 44.9 Å². The number of hydrogen-bond acceptors (Lipinski definition) is 3. The zero-order chi connectivity index (χ0) is 21.2. The van der Waals surface area contributed by atoms with Gasteiger partial charge < -0.3 is 15.2 Å². The van der Waals surface area contributed by atoms with Gasteiger partial charge in [-0.25, -0.2) is 13.6 Å². The average molecular weight is 403 g/mol. The lowest BCUT2D eigenvalue weighted by atomic mass is 10.0. The van der Waals surface area contributed by atoms with Gasteiger partial charge in [-0.2, -0.15) is 0 Å². The molecule has 0 aliphatic heterocycles. The molecule has 0 spiro atoms. The van der Waals surface area contributed by atoms with E-state index in [-0.39, 0.29) is 24.0 Å². The summed E-state index contributed by atoms with van der Waals surface area (Å²) < 4.78 is 32.2. The summed E-state index contributed by atoms with van der Waals surface area (Å²) in [6, 6.07) is 9.95. The zero-order valence-electron chi connectivity index (χ0n) is 16.2. The molecule has 2 aromatic rings. The second-order valence-electron chi connectivity index (χ2n) is 7.68. The Morgan fingerprint density at radius 1 is 1.10 bits per heavy atom. The van der Waals surface area contributed by atoms with Crippen LogP contribution < -0.4 is 5.32 Å². The maximum absolute atomic E-state index is 13.4. The van der Waals surface area contributed by atoms with Gasteiger partial charge in [-0.1, -0.05) is 32.0 Å². The van der Waals surface area contributed by atoms with Gasteiger partial charge in [0.1, 0.15) is 6.10 Å². The Hall–Kier alpha value is -2.80. The smallest absolute Gasteiger partial charge is 0.335 e. The SMILES string of the molecule is CC(C)[C@@H](OCc1ccc(F)c(F)c1)C(=O)NC1(c2ccc(C(=O)O)cc2)CC1. The number of carboxylic acid groups (broad SMARTS) is 1. The molecule has 1 saturated carbocycles. The van der Waals surface area contributed by atoms with E-state index in [9.17, 15) is 18.4 Å². The number of aromatic carboxylic acids is 1. The first-order valence-corrected chi connectivity index (χ1v) is 9.43. The molecule has 7 heteroatoms.